The maximum atomic E-state index is 12.6. The predicted octanol–water partition coefficient (Wildman–Crippen LogP) is 1.74. The number of benzene rings is 1. The van der Waals surface area contributed by atoms with E-state index in [1.54, 1.807) is 20.9 Å². The Balaban J connectivity index is 1.77. The number of rotatable bonds is 8. The fraction of sp³-hybridized carbons (Fsp3) is 0.421. The molecule has 0 saturated heterocycles. The van der Waals surface area contributed by atoms with Gasteiger partial charge in [-0.05, 0) is 32.4 Å². The van der Waals surface area contributed by atoms with Gasteiger partial charge in [0, 0.05) is 13.5 Å². The predicted molar refractivity (Wildman–Crippen MR) is 109 cm³/mol. The van der Waals surface area contributed by atoms with Crippen molar-refractivity contribution in [3.8, 4) is 0 Å². The van der Waals surface area contributed by atoms with Crippen LogP contribution < -0.4 is 10.3 Å². The number of aryl methyl sites for hydroxylation is 3. The summed E-state index contributed by atoms with van der Waals surface area (Å²) in [6, 6.07) is 7.59. The third-order valence-electron chi connectivity index (χ3n) is 4.83. The first-order chi connectivity index (χ1) is 13.7. The van der Waals surface area contributed by atoms with E-state index >= 15 is 0 Å². The van der Waals surface area contributed by atoms with Crippen LogP contribution in [0.5, 0.6) is 0 Å². The quantitative estimate of drug-likeness (QED) is 0.541. The zero-order chi connectivity index (χ0) is 21.2. The molecule has 3 aromatic rings. The molecule has 3 rings (SSSR count). The molecule has 10 heteroatoms. The maximum absolute atomic E-state index is 12.6. The normalized spacial score (nSPS) is 11.9. The average Bonchev–Trinajstić information content (AvgIpc) is 3.15. The summed E-state index contributed by atoms with van der Waals surface area (Å²) in [5, 5.41) is 4.11. The summed E-state index contributed by atoms with van der Waals surface area (Å²) in [6.45, 7) is 5.33. The number of para-hydroxylation sites is 2. The molecule has 2 N–H and O–H groups in total. The Labute approximate surface area is 170 Å². The van der Waals surface area contributed by atoms with E-state index in [4.69, 9.17) is 0 Å². The first-order valence-electron chi connectivity index (χ1n) is 9.49. The lowest BCUT2D eigenvalue weighted by molar-refractivity contribution is -0.122. The molecule has 29 heavy (non-hydrogen) atoms. The monoisotopic (exact) mass is 418 g/mol. The second-order valence-electron chi connectivity index (χ2n) is 6.98. The highest BCUT2D eigenvalue weighted by Gasteiger charge is 2.24. The van der Waals surface area contributed by atoms with Gasteiger partial charge in [0.25, 0.3) is 15.9 Å². The molecular weight excluding hydrogens is 392 g/mol. The lowest BCUT2D eigenvalue weighted by Gasteiger charge is -2.11. The Morgan fingerprint density at radius 1 is 1.21 bits per heavy atom. The number of amides is 1. The van der Waals surface area contributed by atoms with E-state index in [2.05, 4.69) is 27.3 Å². The maximum Gasteiger partial charge on any atom is 0.261 e. The number of unbranched alkanes of at least 4 members (excludes halogenated alkanes) is 1. The second kappa shape index (κ2) is 8.34. The van der Waals surface area contributed by atoms with Crippen LogP contribution in [0, 0.1) is 13.8 Å². The SMILES string of the molecule is CCCCc1nc2ccccc2n1CC(=O)NNS(=O)(=O)c1c(C)nn(C)c1C. The van der Waals surface area contributed by atoms with Crippen molar-refractivity contribution in [2.75, 3.05) is 0 Å². The van der Waals surface area contributed by atoms with Gasteiger partial charge in [0.05, 0.1) is 22.4 Å². The summed E-state index contributed by atoms with van der Waals surface area (Å²) >= 11 is 0. The zero-order valence-corrected chi connectivity index (χ0v) is 17.9. The van der Waals surface area contributed by atoms with Crippen molar-refractivity contribution in [3.63, 3.8) is 0 Å². The molecule has 2 heterocycles. The summed E-state index contributed by atoms with van der Waals surface area (Å²) in [6.07, 6.45) is 2.72. The zero-order valence-electron chi connectivity index (χ0n) is 17.1. The molecule has 0 aliphatic heterocycles. The van der Waals surface area contributed by atoms with Gasteiger partial charge < -0.3 is 4.57 Å². The minimum absolute atomic E-state index is 0.0346. The van der Waals surface area contributed by atoms with Crippen LogP contribution in [-0.2, 0) is 34.8 Å². The van der Waals surface area contributed by atoms with Gasteiger partial charge in [0.1, 0.15) is 17.3 Å². The molecule has 0 aliphatic carbocycles. The van der Waals surface area contributed by atoms with Gasteiger partial charge in [-0.2, -0.15) is 5.10 Å². The Bertz CT molecular complexity index is 1150. The Morgan fingerprint density at radius 3 is 2.59 bits per heavy atom. The van der Waals surface area contributed by atoms with Gasteiger partial charge in [-0.3, -0.25) is 14.9 Å². The minimum Gasteiger partial charge on any atom is -0.318 e. The van der Waals surface area contributed by atoms with E-state index in [1.165, 1.54) is 4.68 Å². The molecule has 0 fully saturated rings. The number of imidazole rings is 1. The van der Waals surface area contributed by atoms with Crippen molar-refractivity contribution >= 4 is 27.0 Å². The number of carbonyl (C=O) groups is 1. The largest absolute Gasteiger partial charge is 0.318 e. The topological polar surface area (TPSA) is 111 Å². The summed E-state index contributed by atoms with van der Waals surface area (Å²) in [5.74, 6) is 0.332. The third-order valence-corrected chi connectivity index (χ3v) is 6.32. The fourth-order valence-electron chi connectivity index (χ4n) is 3.33. The minimum atomic E-state index is -3.93. The summed E-state index contributed by atoms with van der Waals surface area (Å²) in [4.78, 5) is 19.4. The van der Waals surface area contributed by atoms with E-state index < -0.39 is 15.9 Å². The molecule has 0 atom stereocenters. The fourth-order valence-corrected chi connectivity index (χ4v) is 4.63. The highest BCUT2D eigenvalue weighted by Crippen LogP contribution is 2.19. The molecule has 0 aliphatic rings. The van der Waals surface area contributed by atoms with Crippen molar-refractivity contribution in [2.24, 2.45) is 7.05 Å². The molecule has 0 radical (unpaired) electrons. The van der Waals surface area contributed by atoms with Crippen LogP contribution >= 0.6 is 0 Å². The molecule has 2 aromatic heterocycles. The van der Waals surface area contributed by atoms with Crippen LogP contribution in [0.2, 0.25) is 0 Å². The van der Waals surface area contributed by atoms with E-state index in [-0.39, 0.29) is 11.4 Å². The van der Waals surface area contributed by atoms with Gasteiger partial charge in [-0.25, -0.2) is 13.4 Å². The molecule has 0 spiro atoms. The first kappa shape index (κ1) is 21.0. The number of hydrazine groups is 1. The van der Waals surface area contributed by atoms with E-state index in [1.807, 2.05) is 28.8 Å². The van der Waals surface area contributed by atoms with Crippen LogP contribution in [-0.4, -0.2) is 33.7 Å². The Hall–Kier alpha value is -2.72. The molecule has 1 amide bonds. The highest BCUT2D eigenvalue weighted by atomic mass is 32.2. The van der Waals surface area contributed by atoms with Gasteiger partial charge in [-0.1, -0.05) is 25.5 Å². The Morgan fingerprint density at radius 2 is 1.93 bits per heavy atom. The lowest BCUT2D eigenvalue weighted by atomic mass is 10.2. The van der Waals surface area contributed by atoms with E-state index in [9.17, 15) is 13.2 Å². The van der Waals surface area contributed by atoms with Gasteiger partial charge in [0.15, 0.2) is 0 Å². The number of aromatic nitrogens is 4. The number of nitrogens with one attached hydrogen (secondary N) is 2. The molecule has 1 aromatic carbocycles. The molecule has 156 valence electrons. The molecular formula is C19H26N6O3S. The highest BCUT2D eigenvalue weighted by molar-refractivity contribution is 7.89. The number of fused-ring (bicyclic) bond motifs is 1. The molecule has 0 bridgehead atoms. The second-order valence-corrected chi connectivity index (χ2v) is 8.60. The standard InChI is InChI=1S/C19H26N6O3S/c1-5-6-11-17-20-15-9-7-8-10-16(15)25(17)12-18(26)21-23-29(27,28)19-13(2)22-24(4)14(19)3/h7-10,23H,5-6,11-12H2,1-4H3,(H,21,26). The van der Waals surface area contributed by atoms with Crippen LogP contribution in [0.3, 0.4) is 0 Å². The van der Waals surface area contributed by atoms with Crippen LogP contribution in [0.1, 0.15) is 37.0 Å². The summed E-state index contributed by atoms with van der Waals surface area (Å²) in [7, 11) is -2.26. The van der Waals surface area contributed by atoms with Crippen molar-refractivity contribution in [1.82, 2.24) is 29.6 Å². The van der Waals surface area contributed by atoms with Crippen molar-refractivity contribution < 1.29 is 13.2 Å². The van der Waals surface area contributed by atoms with Crippen LogP contribution in [0.4, 0.5) is 0 Å². The van der Waals surface area contributed by atoms with Crippen molar-refractivity contribution in [2.45, 2.75) is 51.5 Å². The molecule has 0 unspecified atom stereocenters. The first-order valence-corrected chi connectivity index (χ1v) is 11.0. The summed E-state index contributed by atoms with van der Waals surface area (Å²) in [5.41, 5.74) is 4.83. The van der Waals surface area contributed by atoms with Crippen LogP contribution in [0.15, 0.2) is 29.2 Å². The number of carbonyl (C=O) groups excluding carboxylic acids is 1. The third kappa shape index (κ3) is 4.33. The lowest BCUT2D eigenvalue weighted by Crippen LogP contribution is -2.43. The number of sulfonamides is 1. The number of hydrogen-bond acceptors (Lipinski definition) is 5. The molecule has 0 saturated carbocycles. The van der Waals surface area contributed by atoms with Crippen molar-refractivity contribution in [3.05, 3.63) is 41.5 Å². The van der Waals surface area contributed by atoms with Gasteiger partial charge in [-0.15, -0.1) is 4.83 Å². The number of nitrogens with zero attached hydrogens (tertiary/aromatic N) is 4. The van der Waals surface area contributed by atoms with Crippen molar-refractivity contribution in [1.29, 1.82) is 0 Å². The Kier molecular flexibility index (Phi) is 6.04. The number of hydrogen-bond donors (Lipinski definition) is 2. The molecule has 9 nitrogen and oxygen atoms in total. The van der Waals surface area contributed by atoms with E-state index in [0.29, 0.717) is 11.4 Å². The smallest absolute Gasteiger partial charge is 0.261 e. The van der Waals surface area contributed by atoms with Gasteiger partial charge >= 0.3 is 0 Å². The average molecular weight is 419 g/mol. The van der Waals surface area contributed by atoms with E-state index in [0.717, 1.165) is 36.1 Å². The van der Waals surface area contributed by atoms with Gasteiger partial charge in [0.2, 0.25) is 0 Å². The van der Waals surface area contributed by atoms with Crippen LogP contribution in [0.25, 0.3) is 11.0 Å². The summed E-state index contributed by atoms with van der Waals surface area (Å²) < 4.78 is 28.6.